The molecular weight excluding hydrogens is 370 g/mol. The number of nitrogens with one attached hydrogen (secondary N) is 1. The van der Waals surface area contributed by atoms with Gasteiger partial charge in [0, 0.05) is 29.0 Å². The quantitative estimate of drug-likeness (QED) is 0.682. The fourth-order valence-electron chi connectivity index (χ4n) is 2.55. The number of methoxy groups -OCH3 is 1. The van der Waals surface area contributed by atoms with Crippen molar-refractivity contribution in [3.05, 3.63) is 70.2 Å². The number of carbonyl (C=O) groups is 1. The molecule has 1 aromatic heterocycles. The third kappa shape index (κ3) is 4.49. The number of nitrogens with zero attached hydrogens (tertiary/aromatic N) is 1. The maximum atomic E-state index is 13.2. The number of aryl methyl sites for hydroxylation is 1. The fourth-order valence-corrected chi connectivity index (χ4v) is 3.61. The first-order valence-corrected chi connectivity index (χ1v) is 9.13. The first-order chi connectivity index (χ1) is 13.0. The Bertz CT molecular complexity index is 955. The van der Waals surface area contributed by atoms with E-state index in [0.717, 1.165) is 39.0 Å². The smallest absolute Gasteiger partial charge is 0.251 e. The molecule has 0 radical (unpaired) electrons. The van der Waals surface area contributed by atoms with Crippen LogP contribution in [0.2, 0.25) is 0 Å². The van der Waals surface area contributed by atoms with Gasteiger partial charge in [-0.05, 0) is 49.4 Å². The van der Waals surface area contributed by atoms with E-state index < -0.39 is 17.5 Å². The van der Waals surface area contributed by atoms with Gasteiger partial charge in [-0.3, -0.25) is 4.79 Å². The minimum Gasteiger partial charge on any atom is -0.497 e. The van der Waals surface area contributed by atoms with E-state index in [1.54, 1.807) is 18.4 Å². The maximum absolute atomic E-state index is 13.2. The lowest BCUT2D eigenvalue weighted by atomic mass is 10.2. The number of halogens is 2. The van der Waals surface area contributed by atoms with Crippen molar-refractivity contribution in [2.45, 2.75) is 13.3 Å². The fraction of sp³-hybridized carbons (Fsp3) is 0.200. The molecule has 0 unspecified atom stereocenters. The highest BCUT2D eigenvalue weighted by molar-refractivity contribution is 7.15. The Hall–Kier alpha value is -2.80. The zero-order valence-electron chi connectivity index (χ0n) is 14.9. The zero-order chi connectivity index (χ0) is 19.4. The number of rotatable bonds is 6. The first kappa shape index (κ1) is 19.0. The van der Waals surface area contributed by atoms with Crippen LogP contribution in [0.25, 0.3) is 10.6 Å². The van der Waals surface area contributed by atoms with Gasteiger partial charge in [0.05, 0.1) is 12.8 Å². The van der Waals surface area contributed by atoms with Crippen molar-refractivity contribution in [2.24, 2.45) is 0 Å². The molecule has 0 aliphatic rings. The van der Waals surface area contributed by atoms with Gasteiger partial charge >= 0.3 is 0 Å². The second-order valence-corrected chi connectivity index (χ2v) is 6.97. The predicted molar refractivity (Wildman–Crippen MR) is 101 cm³/mol. The van der Waals surface area contributed by atoms with Gasteiger partial charge in [-0.1, -0.05) is 0 Å². The summed E-state index contributed by atoms with van der Waals surface area (Å²) in [5.41, 5.74) is 2.00. The number of hydrogen-bond donors (Lipinski definition) is 1. The average molecular weight is 388 g/mol. The third-order valence-electron chi connectivity index (χ3n) is 4.05. The summed E-state index contributed by atoms with van der Waals surface area (Å²) >= 11 is 1.57. The molecule has 27 heavy (non-hydrogen) atoms. The van der Waals surface area contributed by atoms with Crippen molar-refractivity contribution in [1.82, 2.24) is 10.3 Å². The predicted octanol–water partition coefficient (Wildman–Crippen LogP) is 4.38. The topological polar surface area (TPSA) is 51.2 Å². The van der Waals surface area contributed by atoms with Crippen molar-refractivity contribution < 1.29 is 18.3 Å². The van der Waals surface area contributed by atoms with Crippen LogP contribution < -0.4 is 10.1 Å². The molecule has 0 bridgehead atoms. The molecule has 1 heterocycles. The normalized spacial score (nSPS) is 10.7. The Morgan fingerprint density at radius 2 is 1.89 bits per heavy atom. The Morgan fingerprint density at radius 1 is 1.15 bits per heavy atom. The summed E-state index contributed by atoms with van der Waals surface area (Å²) in [6, 6.07) is 10.8. The molecule has 0 atom stereocenters. The van der Waals surface area contributed by atoms with Crippen molar-refractivity contribution in [3.63, 3.8) is 0 Å². The van der Waals surface area contributed by atoms with E-state index in [4.69, 9.17) is 4.74 Å². The molecule has 0 aliphatic carbocycles. The van der Waals surface area contributed by atoms with Crippen molar-refractivity contribution in [3.8, 4) is 16.3 Å². The van der Waals surface area contributed by atoms with E-state index in [-0.39, 0.29) is 5.56 Å². The highest BCUT2D eigenvalue weighted by Crippen LogP contribution is 2.29. The number of ether oxygens (including phenoxy) is 1. The molecule has 140 valence electrons. The standard InChI is InChI=1S/C20H18F2N2O2S/c1-12-18(27-20(24-12)13-3-6-15(26-2)7-4-13)9-10-23-19(25)14-5-8-16(21)17(22)11-14/h3-8,11H,9-10H2,1-2H3,(H,23,25). The number of amides is 1. The van der Waals surface area contributed by atoms with E-state index in [9.17, 15) is 13.6 Å². The van der Waals surface area contributed by atoms with E-state index in [1.165, 1.54) is 6.07 Å². The van der Waals surface area contributed by atoms with Crippen LogP contribution in [0.3, 0.4) is 0 Å². The first-order valence-electron chi connectivity index (χ1n) is 8.32. The van der Waals surface area contributed by atoms with Gasteiger partial charge in [-0.25, -0.2) is 13.8 Å². The Morgan fingerprint density at radius 3 is 2.56 bits per heavy atom. The number of aromatic nitrogens is 1. The van der Waals surface area contributed by atoms with Crippen molar-refractivity contribution in [1.29, 1.82) is 0 Å². The molecule has 0 saturated heterocycles. The molecule has 0 aliphatic heterocycles. The lowest BCUT2D eigenvalue weighted by Crippen LogP contribution is -2.25. The Balaban J connectivity index is 1.61. The number of thiazole rings is 1. The summed E-state index contributed by atoms with van der Waals surface area (Å²) < 4.78 is 31.3. The largest absolute Gasteiger partial charge is 0.497 e. The van der Waals surface area contributed by atoms with Crippen LogP contribution in [-0.4, -0.2) is 24.5 Å². The summed E-state index contributed by atoms with van der Waals surface area (Å²) in [5, 5.41) is 3.62. The van der Waals surface area contributed by atoms with Gasteiger partial charge in [-0.2, -0.15) is 0 Å². The van der Waals surface area contributed by atoms with Gasteiger partial charge in [0.25, 0.3) is 5.91 Å². The third-order valence-corrected chi connectivity index (χ3v) is 5.32. The lowest BCUT2D eigenvalue weighted by Gasteiger charge is -2.05. The van der Waals surface area contributed by atoms with Crippen LogP contribution >= 0.6 is 11.3 Å². The van der Waals surface area contributed by atoms with Gasteiger partial charge in [-0.15, -0.1) is 11.3 Å². The summed E-state index contributed by atoms with van der Waals surface area (Å²) in [7, 11) is 1.62. The molecule has 2 aromatic carbocycles. The summed E-state index contributed by atoms with van der Waals surface area (Å²) in [5.74, 6) is -1.67. The van der Waals surface area contributed by atoms with Crippen molar-refractivity contribution >= 4 is 17.2 Å². The number of benzene rings is 2. The Kier molecular flexibility index (Phi) is 5.81. The summed E-state index contributed by atoms with van der Waals surface area (Å²) in [4.78, 5) is 17.7. The molecular formula is C20H18F2N2O2S. The minimum absolute atomic E-state index is 0.0915. The van der Waals surface area contributed by atoms with Crippen LogP contribution in [0.4, 0.5) is 8.78 Å². The minimum atomic E-state index is -1.04. The molecule has 1 N–H and O–H groups in total. The molecule has 4 nitrogen and oxygen atoms in total. The molecule has 0 saturated carbocycles. The second-order valence-electron chi connectivity index (χ2n) is 5.89. The average Bonchev–Trinajstić information content (AvgIpc) is 3.04. The summed E-state index contributed by atoms with van der Waals surface area (Å²) in [6.07, 6.45) is 0.606. The number of carbonyl (C=O) groups excluding carboxylic acids is 1. The second kappa shape index (κ2) is 8.26. The van der Waals surface area contributed by atoms with E-state index in [1.807, 2.05) is 31.2 Å². The zero-order valence-corrected chi connectivity index (χ0v) is 15.7. The molecule has 7 heteroatoms. The molecule has 3 rings (SSSR count). The highest BCUT2D eigenvalue weighted by Gasteiger charge is 2.12. The van der Waals surface area contributed by atoms with E-state index >= 15 is 0 Å². The maximum Gasteiger partial charge on any atom is 0.251 e. The number of hydrogen-bond acceptors (Lipinski definition) is 4. The SMILES string of the molecule is COc1ccc(-c2nc(C)c(CCNC(=O)c3ccc(F)c(F)c3)s2)cc1. The van der Waals surface area contributed by atoms with Gasteiger partial charge in [0.15, 0.2) is 11.6 Å². The molecule has 1 amide bonds. The van der Waals surface area contributed by atoms with E-state index in [0.29, 0.717) is 13.0 Å². The van der Waals surface area contributed by atoms with Gasteiger partial charge < -0.3 is 10.1 Å². The molecule has 0 spiro atoms. The highest BCUT2D eigenvalue weighted by atomic mass is 32.1. The Labute approximate surface area is 159 Å². The van der Waals surface area contributed by atoms with Gasteiger partial charge in [0.2, 0.25) is 0 Å². The van der Waals surface area contributed by atoms with Crippen LogP contribution in [0.1, 0.15) is 20.9 Å². The van der Waals surface area contributed by atoms with Crippen LogP contribution in [-0.2, 0) is 6.42 Å². The molecule has 0 fully saturated rings. The van der Waals surface area contributed by atoms with Gasteiger partial charge in [0.1, 0.15) is 10.8 Å². The molecule has 3 aromatic rings. The monoisotopic (exact) mass is 388 g/mol. The van der Waals surface area contributed by atoms with Crippen LogP contribution in [0.5, 0.6) is 5.75 Å². The van der Waals surface area contributed by atoms with Crippen LogP contribution in [0.15, 0.2) is 42.5 Å². The van der Waals surface area contributed by atoms with Crippen LogP contribution in [0, 0.1) is 18.6 Å². The van der Waals surface area contributed by atoms with E-state index in [2.05, 4.69) is 10.3 Å². The lowest BCUT2D eigenvalue weighted by molar-refractivity contribution is 0.0953. The van der Waals surface area contributed by atoms with Crippen molar-refractivity contribution in [2.75, 3.05) is 13.7 Å². The summed E-state index contributed by atoms with van der Waals surface area (Å²) in [6.45, 7) is 2.30.